The summed E-state index contributed by atoms with van der Waals surface area (Å²) in [5.74, 6) is -0.428. The Balaban J connectivity index is 1.80. The van der Waals surface area contributed by atoms with Crippen molar-refractivity contribution < 1.29 is 9.53 Å². The Hall–Kier alpha value is -2.40. The molecule has 0 aromatic carbocycles. The third kappa shape index (κ3) is 2.89. The molecule has 1 aliphatic carbocycles. The molecule has 0 N–H and O–H groups in total. The van der Waals surface area contributed by atoms with E-state index in [9.17, 15) is 4.79 Å². The van der Waals surface area contributed by atoms with Crippen molar-refractivity contribution in [2.45, 2.75) is 31.6 Å². The number of esters is 1. The van der Waals surface area contributed by atoms with E-state index in [4.69, 9.17) is 21.4 Å². The average Bonchev–Trinajstić information content (AvgIpc) is 3.26. The van der Waals surface area contributed by atoms with Gasteiger partial charge in [0.25, 0.3) is 0 Å². The van der Waals surface area contributed by atoms with Gasteiger partial charge in [0.2, 0.25) is 0 Å². The standard InChI is InChI=1S/C19H18ClN3O2/c1-19(8-9-19)17-14(16-7-6-12(20)11-23(16)22-17)10-13-4-3-5-15(21-13)18(24)25-2/h3-7,11H,8-10H2,1-2H3. The number of aromatic nitrogens is 3. The number of methoxy groups -OCH3 is 1. The van der Waals surface area contributed by atoms with Crippen LogP contribution in [0.25, 0.3) is 5.52 Å². The number of halogens is 1. The number of hydrogen-bond acceptors (Lipinski definition) is 4. The maximum Gasteiger partial charge on any atom is 0.356 e. The molecule has 0 aliphatic heterocycles. The highest BCUT2D eigenvalue weighted by atomic mass is 35.5. The minimum Gasteiger partial charge on any atom is -0.464 e. The molecule has 4 rings (SSSR count). The summed E-state index contributed by atoms with van der Waals surface area (Å²) in [5, 5.41) is 5.44. The fourth-order valence-corrected chi connectivity index (χ4v) is 3.29. The van der Waals surface area contributed by atoms with Crippen molar-refractivity contribution in [1.82, 2.24) is 14.6 Å². The van der Waals surface area contributed by atoms with E-state index in [0.29, 0.717) is 17.1 Å². The molecule has 25 heavy (non-hydrogen) atoms. The molecule has 3 heterocycles. The summed E-state index contributed by atoms with van der Waals surface area (Å²) in [5.41, 5.74) is 4.52. The molecule has 0 spiro atoms. The van der Waals surface area contributed by atoms with Crippen molar-refractivity contribution in [2.75, 3.05) is 7.11 Å². The first kappa shape index (κ1) is 16.1. The van der Waals surface area contributed by atoms with Crippen LogP contribution >= 0.6 is 11.6 Å². The van der Waals surface area contributed by atoms with Crippen LogP contribution in [0.2, 0.25) is 5.02 Å². The van der Waals surface area contributed by atoms with Gasteiger partial charge in [-0.2, -0.15) is 5.10 Å². The quantitative estimate of drug-likeness (QED) is 0.668. The first-order valence-electron chi connectivity index (χ1n) is 8.22. The van der Waals surface area contributed by atoms with Crippen LogP contribution in [0.5, 0.6) is 0 Å². The van der Waals surface area contributed by atoms with E-state index in [2.05, 4.69) is 11.9 Å². The molecule has 1 saturated carbocycles. The molecule has 0 saturated heterocycles. The minimum atomic E-state index is -0.428. The number of carbonyl (C=O) groups is 1. The molecular weight excluding hydrogens is 338 g/mol. The summed E-state index contributed by atoms with van der Waals surface area (Å²) >= 11 is 6.12. The van der Waals surface area contributed by atoms with Crippen molar-refractivity contribution in [3.8, 4) is 0 Å². The minimum absolute atomic E-state index is 0.119. The lowest BCUT2D eigenvalue weighted by atomic mass is 9.97. The highest BCUT2D eigenvalue weighted by molar-refractivity contribution is 6.30. The van der Waals surface area contributed by atoms with Gasteiger partial charge in [-0.25, -0.2) is 14.3 Å². The molecule has 1 fully saturated rings. The molecule has 0 radical (unpaired) electrons. The van der Waals surface area contributed by atoms with Crippen molar-refractivity contribution in [2.24, 2.45) is 0 Å². The zero-order valence-electron chi connectivity index (χ0n) is 14.1. The molecular formula is C19H18ClN3O2. The number of ether oxygens (including phenoxy) is 1. The van der Waals surface area contributed by atoms with Crippen LogP contribution in [-0.2, 0) is 16.6 Å². The summed E-state index contributed by atoms with van der Waals surface area (Å²) < 4.78 is 6.61. The Morgan fingerprint density at radius 1 is 1.32 bits per heavy atom. The summed E-state index contributed by atoms with van der Waals surface area (Å²) in [6, 6.07) is 9.28. The van der Waals surface area contributed by atoms with Gasteiger partial charge in [0, 0.05) is 29.3 Å². The molecule has 6 heteroatoms. The van der Waals surface area contributed by atoms with Gasteiger partial charge in [-0.15, -0.1) is 0 Å². The first-order chi connectivity index (χ1) is 12.0. The van der Waals surface area contributed by atoms with Gasteiger partial charge in [0.15, 0.2) is 0 Å². The lowest BCUT2D eigenvalue weighted by molar-refractivity contribution is 0.0593. The van der Waals surface area contributed by atoms with Gasteiger partial charge in [-0.3, -0.25) is 0 Å². The van der Waals surface area contributed by atoms with Crippen LogP contribution in [0.1, 0.15) is 47.2 Å². The van der Waals surface area contributed by atoms with Crippen molar-refractivity contribution in [3.63, 3.8) is 0 Å². The summed E-state index contributed by atoms with van der Waals surface area (Å²) in [6.45, 7) is 2.23. The fourth-order valence-electron chi connectivity index (χ4n) is 3.14. The normalized spacial score (nSPS) is 15.3. The zero-order chi connectivity index (χ0) is 17.6. The third-order valence-electron chi connectivity index (χ3n) is 4.83. The molecule has 0 unspecified atom stereocenters. The summed E-state index contributed by atoms with van der Waals surface area (Å²) in [4.78, 5) is 16.2. The number of hydrogen-bond donors (Lipinski definition) is 0. The Kier molecular flexibility index (Phi) is 3.76. The molecule has 3 aromatic rings. The highest BCUT2D eigenvalue weighted by Crippen LogP contribution is 2.49. The van der Waals surface area contributed by atoms with Crippen LogP contribution in [0.4, 0.5) is 0 Å². The smallest absolute Gasteiger partial charge is 0.356 e. The maximum absolute atomic E-state index is 11.7. The van der Waals surface area contributed by atoms with E-state index >= 15 is 0 Å². The number of fused-ring (bicyclic) bond motifs is 1. The Bertz CT molecular complexity index is 976. The van der Waals surface area contributed by atoms with Gasteiger partial charge < -0.3 is 4.74 Å². The maximum atomic E-state index is 11.7. The number of nitrogens with zero attached hydrogens (tertiary/aromatic N) is 3. The second-order valence-corrected chi connectivity index (χ2v) is 7.18. The van der Waals surface area contributed by atoms with E-state index in [1.54, 1.807) is 6.07 Å². The number of pyridine rings is 2. The van der Waals surface area contributed by atoms with E-state index in [1.165, 1.54) is 7.11 Å². The number of carbonyl (C=O) groups excluding carboxylic acids is 1. The van der Waals surface area contributed by atoms with E-state index in [0.717, 1.165) is 35.3 Å². The molecule has 3 aromatic heterocycles. The molecule has 128 valence electrons. The molecule has 1 aliphatic rings. The Morgan fingerprint density at radius 2 is 2.12 bits per heavy atom. The topological polar surface area (TPSA) is 56.5 Å². The van der Waals surface area contributed by atoms with E-state index < -0.39 is 5.97 Å². The van der Waals surface area contributed by atoms with Crippen molar-refractivity contribution in [3.05, 3.63) is 64.2 Å². The fraction of sp³-hybridized carbons (Fsp3) is 0.316. The lowest BCUT2D eigenvalue weighted by Gasteiger charge is -2.09. The zero-order valence-corrected chi connectivity index (χ0v) is 14.9. The largest absolute Gasteiger partial charge is 0.464 e. The van der Waals surface area contributed by atoms with Crippen LogP contribution in [0.3, 0.4) is 0 Å². The predicted octanol–water partition coefficient (Wildman–Crippen LogP) is 3.81. The average molecular weight is 356 g/mol. The van der Waals surface area contributed by atoms with E-state index in [1.807, 2.05) is 35.0 Å². The van der Waals surface area contributed by atoms with E-state index in [-0.39, 0.29) is 5.41 Å². The van der Waals surface area contributed by atoms with Crippen molar-refractivity contribution >= 4 is 23.1 Å². The molecule has 0 amide bonds. The summed E-state index contributed by atoms with van der Waals surface area (Å²) in [6.07, 6.45) is 4.70. The van der Waals surface area contributed by atoms with Gasteiger partial charge in [-0.1, -0.05) is 24.6 Å². The monoisotopic (exact) mass is 355 g/mol. The van der Waals surface area contributed by atoms with Crippen LogP contribution in [0.15, 0.2) is 36.5 Å². The number of rotatable bonds is 4. The second kappa shape index (κ2) is 5.85. The molecule has 0 atom stereocenters. The van der Waals surface area contributed by atoms with Crippen molar-refractivity contribution in [1.29, 1.82) is 0 Å². The molecule has 0 bridgehead atoms. The Morgan fingerprint density at radius 3 is 2.84 bits per heavy atom. The lowest BCUT2D eigenvalue weighted by Crippen LogP contribution is -2.08. The van der Waals surface area contributed by atoms with Gasteiger partial charge in [-0.05, 0) is 37.1 Å². The second-order valence-electron chi connectivity index (χ2n) is 6.75. The first-order valence-corrected chi connectivity index (χ1v) is 8.59. The third-order valence-corrected chi connectivity index (χ3v) is 5.05. The van der Waals surface area contributed by atoms with Gasteiger partial charge >= 0.3 is 5.97 Å². The van der Waals surface area contributed by atoms with Crippen LogP contribution in [-0.4, -0.2) is 27.7 Å². The Labute approximate surface area is 150 Å². The van der Waals surface area contributed by atoms with Gasteiger partial charge in [0.05, 0.1) is 23.3 Å². The van der Waals surface area contributed by atoms with Gasteiger partial charge in [0.1, 0.15) is 5.69 Å². The highest BCUT2D eigenvalue weighted by Gasteiger charge is 2.43. The van der Waals surface area contributed by atoms with Crippen LogP contribution < -0.4 is 0 Å². The SMILES string of the molecule is COC(=O)c1cccc(Cc2c(C3(C)CC3)nn3cc(Cl)ccc23)n1. The molecule has 5 nitrogen and oxygen atoms in total. The summed E-state index contributed by atoms with van der Waals surface area (Å²) in [7, 11) is 1.36. The predicted molar refractivity (Wildman–Crippen MR) is 95.2 cm³/mol. The van der Waals surface area contributed by atoms with Crippen LogP contribution in [0, 0.1) is 0 Å².